The van der Waals surface area contributed by atoms with Crippen molar-refractivity contribution < 1.29 is 27.8 Å². The summed E-state index contributed by atoms with van der Waals surface area (Å²) in [6.45, 7) is 1.01. The highest BCUT2D eigenvalue weighted by Gasteiger charge is 2.28. The van der Waals surface area contributed by atoms with Crippen molar-refractivity contribution in [3.05, 3.63) is 53.5 Å². The van der Waals surface area contributed by atoms with Crippen molar-refractivity contribution in [3.8, 4) is 5.75 Å². The molecule has 1 aromatic carbocycles. The van der Waals surface area contributed by atoms with Crippen LogP contribution in [0.1, 0.15) is 28.0 Å². The molecule has 1 amide bonds. The van der Waals surface area contributed by atoms with Crippen LogP contribution in [0.3, 0.4) is 0 Å². The van der Waals surface area contributed by atoms with Gasteiger partial charge in [-0.1, -0.05) is 12.1 Å². The number of aliphatic hydroxyl groups is 1. The molecule has 0 bridgehead atoms. The fourth-order valence-corrected chi connectivity index (χ4v) is 2.94. The van der Waals surface area contributed by atoms with Gasteiger partial charge in [0.05, 0.1) is 17.4 Å². The minimum atomic E-state index is -4.39. The molecule has 2 heterocycles. The molecule has 0 saturated carbocycles. The molecule has 0 unspecified atom stereocenters. The van der Waals surface area contributed by atoms with Crippen molar-refractivity contribution in [1.82, 2.24) is 20.1 Å². The number of nitrogens with zero attached hydrogens (tertiary/aromatic N) is 3. The first-order valence-electron chi connectivity index (χ1n) is 9.27. The number of hydrogen-bond acceptors (Lipinski definition) is 5. The maximum Gasteiger partial charge on any atom is 0.422 e. The van der Waals surface area contributed by atoms with Crippen LogP contribution in [0.4, 0.5) is 13.2 Å². The molecule has 0 atom stereocenters. The van der Waals surface area contributed by atoms with Crippen LogP contribution in [0.25, 0.3) is 10.9 Å². The van der Waals surface area contributed by atoms with Crippen LogP contribution in [-0.2, 0) is 6.54 Å². The molecule has 7 nitrogen and oxygen atoms in total. The summed E-state index contributed by atoms with van der Waals surface area (Å²) in [6.07, 6.45) is -0.746. The summed E-state index contributed by atoms with van der Waals surface area (Å²) >= 11 is 0. The molecule has 160 valence electrons. The normalized spacial score (nSPS) is 11.6. The maximum absolute atomic E-state index is 12.3. The first-order valence-corrected chi connectivity index (χ1v) is 9.27. The van der Waals surface area contributed by atoms with E-state index in [1.807, 2.05) is 0 Å². The smallest absolute Gasteiger partial charge is 0.422 e. The van der Waals surface area contributed by atoms with E-state index < -0.39 is 12.8 Å². The predicted molar refractivity (Wildman–Crippen MR) is 103 cm³/mol. The number of aromatic nitrogens is 3. The van der Waals surface area contributed by atoms with E-state index in [2.05, 4.69) is 15.4 Å². The SMILES string of the molecule is Cc1cc(Cn2cc3c(C(=O)NCCCO)nccc3n2)ccc1OCC(F)(F)F. The number of rotatable bonds is 8. The second-order valence-electron chi connectivity index (χ2n) is 6.76. The molecule has 3 aromatic rings. The van der Waals surface area contributed by atoms with Crippen LogP contribution in [0.2, 0.25) is 0 Å². The standard InChI is InChI=1S/C20H21F3N4O3/c1-13-9-14(3-4-17(13)30-12-20(21,22)23)10-27-11-15-16(26-27)5-7-24-18(15)19(29)25-6-2-8-28/h3-5,7,9,11,28H,2,6,8,10,12H2,1H3,(H,25,29). The highest BCUT2D eigenvalue weighted by atomic mass is 19.4. The second-order valence-corrected chi connectivity index (χ2v) is 6.76. The summed E-state index contributed by atoms with van der Waals surface area (Å²) in [5.41, 5.74) is 2.24. The zero-order valence-corrected chi connectivity index (χ0v) is 16.2. The average Bonchev–Trinajstić information content (AvgIpc) is 3.09. The fourth-order valence-electron chi connectivity index (χ4n) is 2.94. The van der Waals surface area contributed by atoms with Gasteiger partial charge in [0.25, 0.3) is 5.91 Å². The third kappa shape index (κ3) is 5.47. The molecular weight excluding hydrogens is 401 g/mol. The third-order valence-electron chi connectivity index (χ3n) is 4.29. The van der Waals surface area contributed by atoms with Crippen LogP contribution in [0, 0.1) is 6.92 Å². The molecule has 0 spiro atoms. The number of hydrogen-bond donors (Lipinski definition) is 2. The van der Waals surface area contributed by atoms with Crippen molar-refractivity contribution >= 4 is 16.8 Å². The molecule has 0 aliphatic carbocycles. The zero-order chi connectivity index (χ0) is 21.7. The van der Waals surface area contributed by atoms with Gasteiger partial charge in [-0.05, 0) is 36.6 Å². The molecule has 0 saturated heterocycles. The molecular formula is C20H21F3N4O3. The Hall–Kier alpha value is -3.14. The number of benzene rings is 1. The Morgan fingerprint density at radius 2 is 2.10 bits per heavy atom. The second kappa shape index (κ2) is 9.12. The van der Waals surface area contributed by atoms with E-state index in [-0.39, 0.29) is 24.0 Å². The van der Waals surface area contributed by atoms with E-state index in [0.717, 1.165) is 5.56 Å². The van der Waals surface area contributed by atoms with E-state index in [9.17, 15) is 18.0 Å². The Labute approximate surface area is 170 Å². The number of carbonyl (C=O) groups is 1. The summed E-state index contributed by atoms with van der Waals surface area (Å²) in [7, 11) is 0. The van der Waals surface area contributed by atoms with Crippen molar-refractivity contribution in [2.75, 3.05) is 19.8 Å². The Bertz CT molecular complexity index is 1030. The largest absolute Gasteiger partial charge is 0.484 e. The molecule has 2 N–H and O–H groups in total. The highest BCUT2D eigenvalue weighted by molar-refractivity contribution is 6.04. The van der Waals surface area contributed by atoms with Gasteiger partial charge in [0, 0.05) is 25.5 Å². The Balaban J connectivity index is 1.75. The van der Waals surface area contributed by atoms with Crippen LogP contribution in [0.5, 0.6) is 5.75 Å². The Morgan fingerprint density at radius 3 is 2.80 bits per heavy atom. The number of aryl methyl sites for hydroxylation is 1. The van der Waals surface area contributed by atoms with Gasteiger partial charge < -0.3 is 15.2 Å². The molecule has 2 aromatic heterocycles. The number of carbonyl (C=O) groups excluding carboxylic acids is 1. The molecule has 3 rings (SSSR count). The molecule has 30 heavy (non-hydrogen) atoms. The number of pyridine rings is 1. The van der Waals surface area contributed by atoms with Gasteiger partial charge in [0.2, 0.25) is 0 Å². The predicted octanol–water partition coefficient (Wildman–Crippen LogP) is 2.84. The molecule has 10 heteroatoms. The van der Waals surface area contributed by atoms with Gasteiger partial charge in [0.15, 0.2) is 6.61 Å². The number of alkyl halides is 3. The topological polar surface area (TPSA) is 89.3 Å². The number of fused-ring (bicyclic) bond motifs is 1. The van der Waals surface area contributed by atoms with Gasteiger partial charge in [-0.3, -0.25) is 14.5 Å². The third-order valence-corrected chi connectivity index (χ3v) is 4.29. The van der Waals surface area contributed by atoms with Crippen LogP contribution in [-0.4, -0.2) is 51.7 Å². The van der Waals surface area contributed by atoms with Crippen molar-refractivity contribution in [1.29, 1.82) is 0 Å². The van der Waals surface area contributed by atoms with E-state index in [0.29, 0.717) is 36.0 Å². The van der Waals surface area contributed by atoms with E-state index in [1.165, 1.54) is 12.3 Å². The van der Waals surface area contributed by atoms with E-state index >= 15 is 0 Å². The fraction of sp³-hybridized carbons (Fsp3) is 0.350. The summed E-state index contributed by atoms with van der Waals surface area (Å²) < 4.78 is 43.5. The van der Waals surface area contributed by atoms with Gasteiger partial charge in [-0.2, -0.15) is 18.3 Å². The number of aliphatic hydroxyl groups excluding tert-OH is 1. The minimum absolute atomic E-state index is 0.0186. The zero-order valence-electron chi connectivity index (χ0n) is 16.2. The number of nitrogens with one attached hydrogen (secondary N) is 1. The lowest BCUT2D eigenvalue weighted by atomic mass is 10.1. The molecule has 0 radical (unpaired) electrons. The van der Waals surface area contributed by atoms with Crippen LogP contribution in [0.15, 0.2) is 36.7 Å². The van der Waals surface area contributed by atoms with Crippen LogP contribution >= 0.6 is 0 Å². The van der Waals surface area contributed by atoms with Gasteiger partial charge in [-0.15, -0.1) is 0 Å². The summed E-state index contributed by atoms with van der Waals surface area (Å²) in [5, 5.41) is 16.6. The first-order chi connectivity index (χ1) is 14.3. The van der Waals surface area contributed by atoms with E-state index in [4.69, 9.17) is 9.84 Å². The number of halogens is 3. The van der Waals surface area contributed by atoms with Crippen molar-refractivity contribution in [2.45, 2.75) is 26.1 Å². The first kappa shape index (κ1) is 21.6. The summed E-state index contributed by atoms with van der Waals surface area (Å²) in [6, 6.07) is 6.60. The quantitative estimate of drug-likeness (QED) is 0.545. The lowest BCUT2D eigenvalue weighted by Gasteiger charge is -2.12. The monoisotopic (exact) mass is 422 g/mol. The highest BCUT2D eigenvalue weighted by Crippen LogP contribution is 2.23. The molecule has 0 aliphatic heterocycles. The van der Waals surface area contributed by atoms with Crippen molar-refractivity contribution in [3.63, 3.8) is 0 Å². The molecule has 0 aliphatic rings. The van der Waals surface area contributed by atoms with Crippen molar-refractivity contribution in [2.24, 2.45) is 0 Å². The Kier molecular flexibility index (Phi) is 6.56. The van der Waals surface area contributed by atoms with Gasteiger partial charge in [-0.25, -0.2) is 0 Å². The minimum Gasteiger partial charge on any atom is -0.484 e. The van der Waals surface area contributed by atoms with Gasteiger partial charge >= 0.3 is 6.18 Å². The Morgan fingerprint density at radius 1 is 1.30 bits per heavy atom. The van der Waals surface area contributed by atoms with Crippen LogP contribution < -0.4 is 10.1 Å². The maximum atomic E-state index is 12.3. The number of amides is 1. The lowest BCUT2D eigenvalue weighted by molar-refractivity contribution is -0.153. The summed E-state index contributed by atoms with van der Waals surface area (Å²) in [4.78, 5) is 16.5. The lowest BCUT2D eigenvalue weighted by Crippen LogP contribution is -2.26. The average molecular weight is 422 g/mol. The van der Waals surface area contributed by atoms with Gasteiger partial charge in [0.1, 0.15) is 11.4 Å². The summed E-state index contributed by atoms with van der Waals surface area (Å²) in [5.74, 6) is -0.177. The molecule has 0 fully saturated rings. The number of ether oxygens (including phenoxy) is 1. The van der Waals surface area contributed by atoms with E-state index in [1.54, 1.807) is 36.0 Å².